The molecule has 0 aliphatic heterocycles. The van der Waals surface area contributed by atoms with Gasteiger partial charge >= 0.3 is 5.97 Å². The van der Waals surface area contributed by atoms with E-state index in [1.165, 1.54) is 24.3 Å². The summed E-state index contributed by atoms with van der Waals surface area (Å²) >= 11 is 0. The van der Waals surface area contributed by atoms with E-state index in [1.807, 2.05) is 0 Å². The SMILES string of the molecule is O=C(O)c1ccc(CN(C[P+]([O-])(O)O)c2c(O)c(=O)c2=O)cc1. The molecule has 0 heterocycles. The van der Waals surface area contributed by atoms with E-state index in [4.69, 9.17) is 14.9 Å². The fourth-order valence-corrected chi connectivity index (χ4v) is 2.74. The third-order valence-corrected chi connectivity index (χ3v) is 3.82. The largest absolute Gasteiger partial charge is 0.630 e. The van der Waals surface area contributed by atoms with E-state index in [1.54, 1.807) is 0 Å². The number of carbonyl (C=O) groups is 1. The summed E-state index contributed by atoms with van der Waals surface area (Å²) in [5.74, 6) is -1.98. The topological polar surface area (TPSA) is 158 Å². The van der Waals surface area contributed by atoms with Crippen LogP contribution < -0.4 is 20.7 Å². The number of hydrogen-bond acceptors (Lipinski definition) is 8. The van der Waals surface area contributed by atoms with Crippen molar-refractivity contribution in [2.75, 3.05) is 11.2 Å². The summed E-state index contributed by atoms with van der Waals surface area (Å²) in [5.41, 5.74) is -2.14. The monoisotopic (exact) mass is 341 g/mol. The van der Waals surface area contributed by atoms with Crippen molar-refractivity contribution in [1.82, 2.24) is 0 Å². The molecular weight excluding hydrogens is 329 g/mol. The maximum atomic E-state index is 11.5. The molecule has 10 heteroatoms. The third kappa shape index (κ3) is 3.72. The molecule has 0 radical (unpaired) electrons. The van der Waals surface area contributed by atoms with Gasteiger partial charge in [0.15, 0.2) is 12.0 Å². The zero-order valence-corrected chi connectivity index (χ0v) is 12.4. The zero-order valence-electron chi connectivity index (χ0n) is 11.5. The van der Waals surface area contributed by atoms with E-state index in [0.29, 0.717) is 5.56 Å². The van der Waals surface area contributed by atoms with Gasteiger partial charge < -0.3 is 20.0 Å². The van der Waals surface area contributed by atoms with Crippen molar-refractivity contribution in [2.45, 2.75) is 6.54 Å². The average molecular weight is 341 g/mol. The highest BCUT2D eigenvalue weighted by molar-refractivity contribution is 7.57. The average Bonchev–Trinajstić information content (AvgIpc) is 2.45. The molecule has 2 rings (SSSR count). The lowest BCUT2D eigenvalue weighted by Crippen LogP contribution is -2.41. The Labute approximate surface area is 129 Å². The first kappa shape index (κ1) is 17.0. The summed E-state index contributed by atoms with van der Waals surface area (Å²) in [6.07, 6.45) is -0.869. The highest BCUT2D eigenvalue weighted by Crippen LogP contribution is 2.42. The predicted molar refractivity (Wildman–Crippen MR) is 78.8 cm³/mol. The van der Waals surface area contributed by atoms with E-state index in [-0.39, 0.29) is 12.1 Å². The molecule has 0 aromatic heterocycles. The van der Waals surface area contributed by atoms with E-state index in [9.17, 15) is 24.4 Å². The summed E-state index contributed by atoms with van der Waals surface area (Å²) in [7, 11) is -4.57. The Morgan fingerprint density at radius 3 is 2.13 bits per heavy atom. The molecule has 0 bridgehead atoms. The van der Waals surface area contributed by atoms with Gasteiger partial charge in [0.25, 0.3) is 10.9 Å². The number of carboxylic acid groups (broad SMARTS) is 1. The first-order valence-corrected chi connectivity index (χ1v) is 8.04. The molecule has 0 unspecified atom stereocenters. The van der Waals surface area contributed by atoms with Crippen LogP contribution in [0.4, 0.5) is 5.69 Å². The minimum absolute atomic E-state index is 0.0206. The summed E-state index contributed by atoms with van der Waals surface area (Å²) in [5, 5.41) is 18.3. The van der Waals surface area contributed by atoms with Crippen molar-refractivity contribution in [2.24, 2.45) is 0 Å². The normalized spacial score (nSPS) is 11.6. The van der Waals surface area contributed by atoms with Crippen molar-refractivity contribution < 1.29 is 29.7 Å². The van der Waals surface area contributed by atoms with Gasteiger partial charge in [-0.15, -0.1) is 0 Å². The summed E-state index contributed by atoms with van der Waals surface area (Å²) in [6.45, 7) is -0.191. The number of carboxylic acids is 1. The van der Waals surface area contributed by atoms with E-state index in [2.05, 4.69) is 0 Å². The lowest BCUT2D eigenvalue weighted by molar-refractivity contribution is -0.208. The maximum Gasteiger partial charge on any atom is 0.335 e. The van der Waals surface area contributed by atoms with Crippen LogP contribution in [0.1, 0.15) is 15.9 Å². The Morgan fingerprint density at radius 2 is 1.70 bits per heavy atom. The number of aromatic hydroxyl groups is 1. The van der Waals surface area contributed by atoms with Crippen LogP contribution in [0, 0.1) is 0 Å². The van der Waals surface area contributed by atoms with E-state index in [0.717, 1.165) is 4.90 Å². The van der Waals surface area contributed by atoms with Crippen molar-refractivity contribution in [3.63, 3.8) is 0 Å². The molecule has 0 fully saturated rings. The first-order chi connectivity index (χ1) is 10.6. The molecule has 122 valence electrons. The van der Waals surface area contributed by atoms with Crippen LogP contribution >= 0.6 is 7.94 Å². The lowest BCUT2D eigenvalue weighted by atomic mass is 10.1. The fourth-order valence-electron chi connectivity index (χ4n) is 2.06. The minimum atomic E-state index is -4.57. The van der Waals surface area contributed by atoms with Crippen LogP contribution in [0.25, 0.3) is 0 Å². The molecule has 9 nitrogen and oxygen atoms in total. The van der Waals surface area contributed by atoms with Crippen molar-refractivity contribution in [3.05, 3.63) is 55.8 Å². The Morgan fingerprint density at radius 1 is 1.13 bits per heavy atom. The van der Waals surface area contributed by atoms with Gasteiger partial charge in [0.2, 0.25) is 7.94 Å². The molecule has 0 spiro atoms. The summed E-state index contributed by atoms with van der Waals surface area (Å²) < 4.78 is 0. The Kier molecular flexibility index (Phi) is 4.49. The molecule has 0 aliphatic carbocycles. The van der Waals surface area contributed by atoms with Crippen LogP contribution in [0.5, 0.6) is 5.75 Å². The molecule has 2 aromatic carbocycles. The second-order valence-electron chi connectivity index (χ2n) is 4.86. The molecule has 0 amide bonds. The molecule has 0 aliphatic rings. The number of benzene rings is 1. The number of hydrogen-bond donors (Lipinski definition) is 4. The third-order valence-electron chi connectivity index (χ3n) is 3.11. The first-order valence-electron chi connectivity index (χ1n) is 6.24. The van der Waals surface area contributed by atoms with Crippen molar-refractivity contribution in [1.29, 1.82) is 0 Å². The maximum absolute atomic E-state index is 11.5. The molecule has 0 saturated heterocycles. The minimum Gasteiger partial charge on any atom is -0.630 e. The van der Waals surface area contributed by atoms with Gasteiger partial charge in [-0.1, -0.05) is 12.1 Å². The zero-order chi connectivity index (χ0) is 17.4. The van der Waals surface area contributed by atoms with Crippen LogP contribution in [-0.4, -0.2) is 32.3 Å². The van der Waals surface area contributed by atoms with Gasteiger partial charge in [-0.3, -0.25) is 9.59 Å². The van der Waals surface area contributed by atoms with Crippen molar-refractivity contribution >= 4 is 19.6 Å². The van der Waals surface area contributed by atoms with Crippen LogP contribution in [0.2, 0.25) is 0 Å². The Bertz CT molecular complexity index is 801. The van der Waals surface area contributed by atoms with Crippen LogP contribution in [-0.2, 0) is 6.54 Å². The van der Waals surface area contributed by atoms with Crippen LogP contribution in [0.15, 0.2) is 33.9 Å². The van der Waals surface area contributed by atoms with Gasteiger partial charge in [-0.25, -0.2) is 14.6 Å². The van der Waals surface area contributed by atoms with Gasteiger partial charge in [0.05, 0.1) is 5.56 Å². The van der Waals surface area contributed by atoms with Gasteiger partial charge in [0.1, 0.15) is 5.69 Å². The molecule has 2 aromatic rings. The van der Waals surface area contributed by atoms with Crippen LogP contribution in [0.3, 0.4) is 0 Å². The van der Waals surface area contributed by atoms with Gasteiger partial charge in [-0.2, -0.15) is 0 Å². The number of aromatic carboxylic acids is 1. The second-order valence-corrected chi connectivity index (χ2v) is 6.47. The molecule has 4 N–H and O–H groups in total. The Hall–Kier alpha value is -2.32. The summed E-state index contributed by atoms with van der Waals surface area (Å²) in [6, 6.07) is 5.38. The standard InChI is InChI=1S/C13H12NO8P/c15-10-9(11(16)12(10)17)14(6-23(20,21)22)5-7-1-3-8(4-2-7)13(18)19/h1-4,15H,5-6H2,(H,18,19)(H2,20,21,22). The van der Waals surface area contributed by atoms with E-state index < -0.39 is 42.5 Å². The molecule has 23 heavy (non-hydrogen) atoms. The number of rotatable bonds is 6. The lowest BCUT2D eigenvalue weighted by Gasteiger charge is -2.28. The van der Waals surface area contributed by atoms with Crippen molar-refractivity contribution in [3.8, 4) is 5.75 Å². The second kappa shape index (κ2) is 6.05. The highest BCUT2D eigenvalue weighted by atomic mass is 31.2. The van der Waals surface area contributed by atoms with Gasteiger partial charge in [-0.05, 0) is 17.7 Å². The Balaban J connectivity index is 2.30. The summed E-state index contributed by atoms with van der Waals surface area (Å²) in [4.78, 5) is 63.6. The highest BCUT2D eigenvalue weighted by Gasteiger charge is 2.32. The predicted octanol–water partition coefficient (Wildman–Crippen LogP) is -1.24. The molecule has 0 saturated carbocycles. The smallest absolute Gasteiger partial charge is 0.335 e. The molecule has 0 atom stereocenters. The number of anilines is 1. The molecular formula is C13H12NO8P. The fraction of sp³-hybridized carbons (Fsp3) is 0.154. The number of nitrogens with zero attached hydrogens (tertiary/aromatic N) is 1. The van der Waals surface area contributed by atoms with E-state index >= 15 is 0 Å². The quantitative estimate of drug-likeness (QED) is 0.372. The van der Waals surface area contributed by atoms with Gasteiger partial charge in [0, 0.05) is 6.54 Å².